The van der Waals surface area contributed by atoms with E-state index < -0.39 is 11.7 Å². The minimum absolute atomic E-state index is 0. The molecule has 2 fully saturated rings. The Morgan fingerprint density at radius 1 is 1.30 bits per heavy atom. The van der Waals surface area contributed by atoms with Crippen LogP contribution in [0.5, 0.6) is 0 Å². The van der Waals surface area contributed by atoms with Gasteiger partial charge in [-0.15, -0.1) is 12.4 Å². The standard InChI is InChI=1S/C16H19F3N2O.ClH/c1-15-8-9-20-13(15)6-7-14(22)21(15)10-11-2-4-12(5-3-11)16(17,18)19;/h2-5,13,20H,6-10H2,1H3;1H/t13?,15-;/m0./s1. The summed E-state index contributed by atoms with van der Waals surface area (Å²) in [6.45, 7) is 3.31. The molecule has 0 aliphatic carbocycles. The van der Waals surface area contributed by atoms with Crippen molar-refractivity contribution in [2.45, 2.75) is 50.5 Å². The van der Waals surface area contributed by atoms with Crippen LogP contribution in [0.25, 0.3) is 0 Å². The summed E-state index contributed by atoms with van der Waals surface area (Å²) in [6, 6.07) is 5.36. The van der Waals surface area contributed by atoms with Crippen molar-refractivity contribution in [1.29, 1.82) is 0 Å². The fourth-order valence-corrected chi connectivity index (χ4v) is 3.57. The molecule has 2 aliphatic heterocycles. The second-order valence-corrected chi connectivity index (χ2v) is 6.33. The molecular weight excluding hydrogens is 329 g/mol. The Bertz CT molecular complexity index is 576. The lowest BCUT2D eigenvalue weighted by Gasteiger charge is -2.46. The summed E-state index contributed by atoms with van der Waals surface area (Å²) >= 11 is 0. The van der Waals surface area contributed by atoms with Crippen LogP contribution in [0.2, 0.25) is 0 Å². The minimum atomic E-state index is -4.33. The predicted octanol–water partition coefficient (Wildman–Crippen LogP) is 3.37. The first kappa shape index (κ1) is 18.1. The van der Waals surface area contributed by atoms with Crippen molar-refractivity contribution in [1.82, 2.24) is 10.2 Å². The van der Waals surface area contributed by atoms with Crippen molar-refractivity contribution in [2.24, 2.45) is 0 Å². The molecule has 2 atom stereocenters. The average molecular weight is 349 g/mol. The minimum Gasteiger partial charge on any atom is -0.331 e. The largest absolute Gasteiger partial charge is 0.416 e. The molecule has 7 heteroatoms. The number of fused-ring (bicyclic) bond motifs is 1. The van der Waals surface area contributed by atoms with Crippen LogP contribution in [0.1, 0.15) is 37.3 Å². The van der Waals surface area contributed by atoms with Gasteiger partial charge in [-0.2, -0.15) is 13.2 Å². The van der Waals surface area contributed by atoms with Crippen LogP contribution in [-0.2, 0) is 17.5 Å². The molecule has 128 valence electrons. The number of rotatable bonds is 2. The molecule has 0 radical (unpaired) electrons. The van der Waals surface area contributed by atoms with Crippen molar-refractivity contribution >= 4 is 18.3 Å². The van der Waals surface area contributed by atoms with E-state index in [9.17, 15) is 18.0 Å². The lowest BCUT2D eigenvalue weighted by Crippen LogP contribution is -2.59. The highest BCUT2D eigenvalue weighted by Crippen LogP contribution is 2.37. The molecule has 1 N–H and O–H groups in total. The van der Waals surface area contributed by atoms with Gasteiger partial charge in [-0.25, -0.2) is 0 Å². The van der Waals surface area contributed by atoms with Gasteiger partial charge >= 0.3 is 6.18 Å². The van der Waals surface area contributed by atoms with Gasteiger partial charge < -0.3 is 10.2 Å². The summed E-state index contributed by atoms with van der Waals surface area (Å²) in [5.74, 6) is 0.0855. The van der Waals surface area contributed by atoms with Gasteiger partial charge in [-0.05, 0) is 44.0 Å². The summed E-state index contributed by atoms with van der Waals surface area (Å²) in [7, 11) is 0. The zero-order chi connectivity index (χ0) is 16.0. The molecule has 2 saturated heterocycles. The molecule has 1 aromatic carbocycles. The van der Waals surface area contributed by atoms with Crippen molar-refractivity contribution < 1.29 is 18.0 Å². The summed E-state index contributed by atoms with van der Waals surface area (Å²) in [5, 5.41) is 3.42. The molecule has 23 heavy (non-hydrogen) atoms. The average Bonchev–Trinajstić information content (AvgIpc) is 2.84. The highest BCUT2D eigenvalue weighted by molar-refractivity contribution is 5.85. The molecule has 2 heterocycles. The normalized spacial score (nSPS) is 27.6. The van der Waals surface area contributed by atoms with Gasteiger partial charge in [0.15, 0.2) is 0 Å². The van der Waals surface area contributed by atoms with E-state index in [1.165, 1.54) is 12.1 Å². The molecule has 1 amide bonds. The summed E-state index contributed by atoms with van der Waals surface area (Å²) in [5.41, 5.74) is -0.166. The smallest absolute Gasteiger partial charge is 0.331 e. The van der Waals surface area contributed by atoms with E-state index in [1.54, 1.807) is 0 Å². The predicted molar refractivity (Wildman–Crippen MR) is 83.3 cm³/mol. The maximum absolute atomic E-state index is 12.6. The number of nitrogens with one attached hydrogen (secondary N) is 1. The monoisotopic (exact) mass is 348 g/mol. The van der Waals surface area contributed by atoms with E-state index in [4.69, 9.17) is 0 Å². The topological polar surface area (TPSA) is 32.3 Å². The van der Waals surface area contributed by atoms with Crippen molar-refractivity contribution in [2.75, 3.05) is 6.54 Å². The Balaban J connectivity index is 0.00000192. The maximum Gasteiger partial charge on any atom is 0.416 e. The first-order valence-electron chi connectivity index (χ1n) is 7.51. The number of hydrogen-bond acceptors (Lipinski definition) is 2. The molecule has 3 nitrogen and oxygen atoms in total. The highest BCUT2D eigenvalue weighted by Gasteiger charge is 2.48. The van der Waals surface area contributed by atoms with Gasteiger partial charge in [-0.3, -0.25) is 4.79 Å². The first-order valence-corrected chi connectivity index (χ1v) is 7.51. The number of carbonyl (C=O) groups is 1. The lowest BCUT2D eigenvalue weighted by atomic mass is 9.83. The van der Waals surface area contributed by atoms with Gasteiger partial charge in [0.25, 0.3) is 0 Å². The number of alkyl halides is 3. The number of halogens is 4. The van der Waals surface area contributed by atoms with Crippen LogP contribution in [0.4, 0.5) is 13.2 Å². The first-order chi connectivity index (χ1) is 10.3. The van der Waals surface area contributed by atoms with Crippen LogP contribution in [0.15, 0.2) is 24.3 Å². The number of piperidine rings is 1. The van der Waals surface area contributed by atoms with E-state index in [1.807, 2.05) is 4.90 Å². The van der Waals surface area contributed by atoms with E-state index in [2.05, 4.69) is 12.2 Å². The van der Waals surface area contributed by atoms with Gasteiger partial charge in [-0.1, -0.05) is 12.1 Å². The molecule has 0 aromatic heterocycles. The number of hydrogen-bond donors (Lipinski definition) is 1. The lowest BCUT2D eigenvalue weighted by molar-refractivity contribution is -0.143. The molecule has 1 aromatic rings. The summed E-state index contributed by atoms with van der Waals surface area (Å²) < 4.78 is 37.8. The molecule has 2 aliphatic rings. The second kappa shape index (κ2) is 6.32. The Hall–Kier alpha value is -1.27. The van der Waals surface area contributed by atoms with Crippen LogP contribution >= 0.6 is 12.4 Å². The van der Waals surface area contributed by atoms with E-state index in [-0.39, 0.29) is 29.9 Å². The SMILES string of the molecule is C[C@]12CCNC1CCC(=O)N2Cc1ccc(C(F)(F)F)cc1.Cl. The molecular formula is C16H20ClF3N2O. The second-order valence-electron chi connectivity index (χ2n) is 6.33. The highest BCUT2D eigenvalue weighted by atomic mass is 35.5. The molecule has 0 spiro atoms. The summed E-state index contributed by atoms with van der Waals surface area (Å²) in [6.07, 6.45) is -2.12. The third-order valence-corrected chi connectivity index (χ3v) is 4.96. The molecule has 3 rings (SSSR count). The third-order valence-electron chi connectivity index (χ3n) is 4.96. The summed E-state index contributed by atoms with van der Waals surface area (Å²) in [4.78, 5) is 14.1. The number of benzene rings is 1. The van der Waals surface area contributed by atoms with Crippen LogP contribution in [0, 0.1) is 0 Å². The quantitative estimate of drug-likeness (QED) is 0.888. The zero-order valence-electron chi connectivity index (χ0n) is 12.8. The van der Waals surface area contributed by atoms with Gasteiger partial charge in [0, 0.05) is 19.0 Å². The number of amides is 1. The van der Waals surface area contributed by atoms with E-state index >= 15 is 0 Å². The maximum atomic E-state index is 12.6. The van der Waals surface area contributed by atoms with E-state index in [0.29, 0.717) is 13.0 Å². The number of likely N-dealkylation sites (tertiary alicyclic amines) is 1. The Morgan fingerprint density at radius 2 is 1.96 bits per heavy atom. The zero-order valence-corrected chi connectivity index (χ0v) is 13.6. The molecule has 0 saturated carbocycles. The fraction of sp³-hybridized carbons (Fsp3) is 0.562. The van der Waals surface area contributed by atoms with Gasteiger partial charge in [0.2, 0.25) is 5.91 Å². The Kier molecular flexibility index (Phi) is 4.97. The van der Waals surface area contributed by atoms with Crippen LogP contribution < -0.4 is 5.32 Å². The van der Waals surface area contributed by atoms with Crippen LogP contribution in [0.3, 0.4) is 0 Å². The van der Waals surface area contributed by atoms with Crippen molar-refractivity contribution in [3.05, 3.63) is 35.4 Å². The number of carbonyl (C=O) groups excluding carboxylic acids is 1. The van der Waals surface area contributed by atoms with Gasteiger partial charge in [0.1, 0.15) is 0 Å². The van der Waals surface area contributed by atoms with Gasteiger partial charge in [0.05, 0.1) is 11.1 Å². The third kappa shape index (κ3) is 3.33. The fourth-order valence-electron chi connectivity index (χ4n) is 3.57. The van der Waals surface area contributed by atoms with Crippen LogP contribution in [-0.4, -0.2) is 28.9 Å². The van der Waals surface area contributed by atoms with Crippen molar-refractivity contribution in [3.8, 4) is 0 Å². The Labute approximate surface area is 139 Å². The Morgan fingerprint density at radius 3 is 2.57 bits per heavy atom. The molecule has 1 unspecified atom stereocenters. The number of nitrogens with zero attached hydrogens (tertiary/aromatic N) is 1. The van der Waals surface area contributed by atoms with E-state index in [0.717, 1.165) is 37.1 Å². The van der Waals surface area contributed by atoms with Crippen molar-refractivity contribution in [3.63, 3.8) is 0 Å². The molecule has 0 bridgehead atoms.